The van der Waals surface area contributed by atoms with Crippen molar-refractivity contribution in [1.82, 2.24) is 9.88 Å². The van der Waals surface area contributed by atoms with Gasteiger partial charge in [-0.15, -0.1) is 12.4 Å². The molecule has 18 heavy (non-hydrogen) atoms. The van der Waals surface area contributed by atoms with Gasteiger partial charge in [0, 0.05) is 13.1 Å². The molecule has 2 rings (SSSR count). The van der Waals surface area contributed by atoms with E-state index in [1.807, 2.05) is 4.90 Å². The van der Waals surface area contributed by atoms with E-state index < -0.39 is 0 Å². The van der Waals surface area contributed by atoms with Gasteiger partial charge in [0.15, 0.2) is 0 Å². The second-order valence-corrected chi connectivity index (χ2v) is 5.13. The van der Waals surface area contributed by atoms with Crippen LogP contribution in [0.25, 0.3) is 0 Å². The molecule has 2 heterocycles. The molecule has 1 aromatic heterocycles. The van der Waals surface area contributed by atoms with Crippen molar-refractivity contribution < 1.29 is 4.79 Å². The SMILES string of the molecule is CC1CC(C)CN(C(=O)c2ccc(N)cn2)C1.Cl. The van der Waals surface area contributed by atoms with Gasteiger partial charge in [-0.25, -0.2) is 4.98 Å². The van der Waals surface area contributed by atoms with E-state index >= 15 is 0 Å². The van der Waals surface area contributed by atoms with E-state index in [0.717, 1.165) is 13.1 Å². The predicted octanol–water partition coefficient (Wildman–Crippen LogP) is 2.20. The highest BCUT2D eigenvalue weighted by Crippen LogP contribution is 2.22. The Kier molecular flexibility index (Phi) is 4.96. The number of carbonyl (C=O) groups is 1. The van der Waals surface area contributed by atoms with E-state index in [4.69, 9.17) is 5.73 Å². The predicted molar refractivity (Wildman–Crippen MR) is 74.7 cm³/mol. The molecule has 1 fully saturated rings. The molecule has 2 atom stereocenters. The van der Waals surface area contributed by atoms with Crippen LogP contribution in [0.1, 0.15) is 30.8 Å². The van der Waals surface area contributed by atoms with Crippen molar-refractivity contribution in [2.45, 2.75) is 20.3 Å². The topological polar surface area (TPSA) is 59.2 Å². The van der Waals surface area contributed by atoms with Crippen LogP contribution in [0, 0.1) is 11.8 Å². The van der Waals surface area contributed by atoms with Crippen LogP contribution in [0.3, 0.4) is 0 Å². The summed E-state index contributed by atoms with van der Waals surface area (Å²) in [4.78, 5) is 18.2. The lowest BCUT2D eigenvalue weighted by molar-refractivity contribution is 0.0617. The van der Waals surface area contributed by atoms with Crippen LogP contribution in [0.2, 0.25) is 0 Å². The lowest BCUT2D eigenvalue weighted by atomic mass is 9.92. The molecule has 0 aliphatic carbocycles. The molecule has 0 bridgehead atoms. The van der Waals surface area contributed by atoms with Crippen LogP contribution >= 0.6 is 12.4 Å². The molecule has 1 saturated heterocycles. The zero-order valence-electron chi connectivity index (χ0n) is 10.8. The quantitative estimate of drug-likeness (QED) is 0.850. The fourth-order valence-corrected chi connectivity index (χ4v) is 2.52. The maximum Gasteiger partial charge on any atom is 0.272 e. The number of hydrogen-bond acceptors (Lipinski definition) is 3. The van der Waals surface area contributed by atoms with Crippen LogP contribution in [0.5, 0.6) is 0 Å². The van der Waals surface area contributed by atoms with Crippen LogP contribution in [-0.2, 0) is 0 Å². The van der Waals surface area contributed by atoms with Crippen LogP contribution < -0.4 is 5.73 Å². The first-order chi connectivity index (χ1) is 8.06. The summed E-state index contributed by atoms with van der Waals surface area (Å²) in [5.41, 5.74) is 6.63. The van der Waals surface area contributed by atoms with Crippen LogP contribution in [0.4, 0.5) is 5.69 Å². The van der Waals surface area contributed by atoms with Crippen molar-refractivity contribution >= 4 is 24.0 Å². The number of nitrogens with zero attached hydrogens (tertiary/aromatic N) is 2. The van der Waals surface area contributed by atoms with Gasteiger partial charge in [-0.05, 0) is 30.4 Å². The molecule has 2 unspecified atom stereocenters. The van der Waals surface area contributed by atoms with Crippen molar-refractivity contribution in [3.63, 3.8) is 0 Å². The highest BCUT2D eigenvalue weighted by Gasteiger charge is 2.26. The molecule has 100 valence electrons. The fraction of sp³-hybridized carbons (Fsp3) is 0.538. The summed E-state index contributed by atoms with van der Waals surface area (Å²) in [6.07, 6.45) is 2.73. The zero-order chi connectivity index (χ0) is 12.4. The number of aromatic nitrogens is 1. The first kappa shape index (κ1) is 14.8. The number of nitrogens with two attached hydrogens (primary N) is 1. The normalized spacial score (nSPS) is 23.3. The molecule has 0 radical (unpaired) electrons. The summed E-state index contributed by atoms with van der Waals surface area (Å²) >= 11 is 0. The molecule has 1 amide bonds. The minimum absolute atomic E-state index is 0. The Morgan fingerprint density at radius 1 is 1.33 bits per heavy atom. The molecule has 1 aliphatic rings. The Balaban J connectivity index is 0.00000162. The largest absolute Gasteiger partial charge is 0.397 e. The number of hydrogen-bond donors (Lipinski definition) is 1. The number of halogens is 1. The minimum Gasteiger partial charge on any atom is -0.397 e. The van der Waals surface area contributed by atoms with E-state index in [1.165, 1.54) is 12.6 Å². The number of likely N-dealkylation sites (tertiary alicyclic amines) is 1. The zero-order valence-corrected chi connectivity index (χ0v) is 11.6. The summed E-state index contributed by atoms with van der Waals surface area (Å²) in [5.74, 6) is 1.15. The molecule has 0 saturated carbocycles. The molecule has 5 heteroatoms. The van der Waals surface area contributed by atoms with Gasteiger partial charge in [0.1, 0.15) is 5.69 Å². The van der Waals surface area contributed by atoms with E-state index in [1.54, 1.807) is 12.1 Å². The lowest BCUT2D eigenvalue weighted by Crippen LogP contribution is -2.42. The second-order valence-electron chi connectivity index (χ2n) is 5.13. The van der Waals surface area contributed by atoms with Gasteiger partial charge >= 0.3 is 0 Å². The van der Waals surface area contributed by atoms with E-state index in [-0.39, 0.29) is 18.3 Å². The molecular formula is C13H20ClN3O. The van der Waals surface area contributed by atoms with E-state index in [9.17, 15) is 4.79 Å². The molecule has 0 aromatic carbocycles. The van der Waals surface area contributed by atoms with Gasteiger partial charge in [-0.1, -0.05) is 13.8 Å². The minimum atomic E-state index is 0. The van der Waals surface area contributed by atoms with Crippen molar-refractivity contribution in [1.29, 1.82) is 0 Å². The van der Waals surface area contributed by atoms with Gasteiger partial charge in [-0.3, -0.25) is 4.79 Å². The third kappa shape index (κ3) is 3.35. The van der Waals surface area contributed by atoms with Crippen molar-refractivity contribution in [2.24, 2.45) is 11.8 Å². The highest BCUT2D eigenvalue weighted by atomic mass is 35.5. The Morgan fingerprint density at radius 2 is 1.94 bits per heavy atom. The molecule has 0 spiro atoms. The average molecular weight is 270 g/mol. The maximum absolute atomic E-state index is 12.2. The summed E-state index contributed by atoms with van der Waals surface area (Å²) in [7, 11) is 0. The molecular weight excluding hydrogens is 250 g/mol. The number of pyridine rings is 1. The fourth-order valence-electron chi connectivity index (χ4n) is 2.52. The number of piperidine rings is 1. The molecule has 4 nitrogen and oxygen atoms in total. The van der Waals surface area contributed by atoms with Crippen molar-refractivity contribution in [2.75, 3.05) is 18.8 Å². The summed E-state index contributed by atoms with van der Waals surface area (Å²) in [6.45, 7) is 6.03. The standard InChI is InChI=1S/C13H19N3O.ClH/c1-9-5-10(2)8-16(7-9)13(17)12-4-3-11(14)6-15-12;/h3-4,6,9-10H,5,7-8,14H2,1-2H3;1H. The third-order valence-electron chi connectivity index (χ3n) is 3.16. The van der Waals surface area contributed by atoms with Crippen molar-refractivity contribution in [3.8, 4) is 0 Å². The number of nitrogen functional groups attached to an aromatic ring is 1. The molecule has 2 N–H and O–H groups in total. The van der Waals surface area contributed by atoms with Gasteiger partial charge in [0.2, 0.25) is 0 Å². The average Bonchev–Trinajstić information content (AvgIpc) is 2.28. The Hall–Kier alpha value is -1.29. The van der Waals surface area contributed by atoms with Crippen LogP contribution in [-0.4, -0.2) is 28.9 Å². The first-order valence-electron chi connectivity index (χ1n) is 6.07. The van der Waals surface area contributed by atoms with Gasteiger partial charge < -0.3 is 10.6 Å². The summed E-state index contributed by atoms with van der Waals surface area (Å²) in [5, 5.41) is 0. The second kappa shape index (κ2) is 6.05. The maximum atomic E-state index is 12.2. The van der Waals surface area contributed by atoms with Gasteiger partial charge in [0.25, 0.3) is 5.91 Å². The number of rotatable bonds is 1. The van der Waals surface area contributed by atoms with Gasteiger partial charge in [-0.2, -0.15) is 0 Å². The first-order valence-corrected chi connectivity index (χ1v) is 6.07. The van der Waals surface area contributed by atoms with Crippen molar-refractivity contribution in [3.05, 3.63) is 24.0 Å². The Bertz CT molecular complexity index is 397. The Labute approximate surface area is 114 Å². The van der Waals surface area contributed by atoms with Gasteiger partial charge in [0.05, 0.1) is 11.9 Å². The number of carbonyl (C=O) groups excluding carboxylic acids is 1. The number of amides is 1. The molecule has 1 aliphatic heterocycles. The highest BCUT2D eigenvalue weighted by molar-refractivity contribution is 5.92. The molecule has 1 aromatic rings. The third-order valence-corrected chi connectivity index (χ3v) is 3.16. The van der Waals surface area contributed by atoms with E-state index in [2.05, 4.69) is 18.8 Å². The van der Waals surface area contributed by atoms with Crippen LogP contribution in [0.15, 0.2) is 18.3 Å². The smallest absolute Gasteiger partial charge is 0.272 e. The monoisotopic (exact) mass is 269 g/mol. The lowest BCUT2D eigenvalue weighted by Gasteiger charge is -2.34. The number of anilines is 1. The Morgan fingerprint density at radius 3 is 2.44 bits per heavy atom. The summed E-state index contributed by atoms with van der Waals surface area (Å²) < 4.78 is 0. The van der Waals surface area contributed by atoms with E-state index in [0.29, 0.717) is 23.2 Å². The summed E-state index contributed by atoms with van der Waals surface area (Å²) in [6, 6.07) is 3.42.